The van der Waals surface area contributed by atoms with Crippen molar-refractivity contribution in [2.45, 2.75) is 70.7 Å². The first-order chi connectivity index (χ1) is 24.8. The first-order valence-electron chi connectivity index (χ1n) is 17.0. The molecule has 0 spiro atoms. The van der Waals surface area contributed by atoms with Gasteiger partial charge in [0.05, 0.1) is 38.4 Å². The van der Waals surface area contributed by atoms with Crippen LogP contribution < -0.4 is 16.1 Å². The van der Waals surface area contributed by atoms with Crippen molar-refractivity contribution in [3.63, 3.8) is 0 Å². The average Bonchev–Trinajstić information content (AvgIpc) is 3.73. The average molecular weight is 742 g/mol. The van der Waals surface area contributed by atoms with E-state index in [0.29, 0.717) is 18.6 Å². The highest BCUT2D eigenvalue weighted by atomic mass is 35.5. The van der Waals surface area contributed by atoms with E-state index in [0.717, 1.165) is 22.8 Å². The van der Waals surface area contributed by atoms with E-state index in [1.165, 1.54) is 24.3 Å². The zero-order valence-electron chi connectivity index (χ0n) is 29.5. The van der Waals surface area contributed by atoms with Crippen LogP contribution in [0.1, 0.15) is 38.3 Å². The van der Waals surface area contributed by atoms with Crippen molar-refractivity contribution in [3.8, 4) is 11.1 Å². The number of hydrogen-bond donors (Lipinski definition) is 4. The molecule has 2 saturated heterocycles. The largest absolute Gasteiger partial charge is 0.453 e. The summed E-state index contributed by atoms with van der Waals surface area (Å²) in [6.45, 7) is 5.78. The van der Waals surface area contributed by atoms with Gasteiger partial charge in [0.25, 0.3) is 0 Å². The summed E-state index contributed by atoms with van der Waals surface area (Å²) in [6.07, 6.45) is 0.449. The fraction of sp³-hybridized carbons (Fsp3) is 0.459. The van der Waals surface area contributed by atoms with Gasteiger partial charge in [-0.2, -0.15) is 0 Å². The normalized spacial score (nSPS) is 20.0. The quantitative estimate of drug-likeness (QED) is 0.182. The summed E-state index contributed by atoms with van der Waals surface area (Å²) >= 11 is 6.36. The minimum Gasteiger partial charge on any atom is -0.453 e. The molecule has 6 atom stereocenters. The van der Waals surface area contributed by atoms with Crippen molar-refractivity contribution >= 4 is 29.7 Å². The SMILES string of the molecule is COC(=O)NC(C(=O)NC(Cc1ccc(-c2cccnc2)cc1)C(O)CN(Cc1ccc(F)cc1Cl)NC(=O)OC1COC2OCCC12)C(C)(C)C. The van der Waals surface area contributed by atoms with Gasteiger partial charge in [0.2, 0.25) is 5.91 Å². The number of fused-ring (bicyclic) bond motifs is 1. The van der Waals surface area contributed by atoms with Crippen LogP contribution in [0.15, 0.2) is 67.0 Å². The lowest BCUT2D eigenvalue weighted by Gasteiger charge is -2.34. The Hall–Kier alpha value is -4.34. The van der Waals surface area contributed by atoms with Gasteiger partial charge < -0.3 is 34.7 Å². The molecule has 13 nitrogen and oxygen atoms in total. The molecular formula is C37H45ClFN5O8. The van der Waals surface area contributed by atoms with Crippen molar-refractivity contribution in [2.24, 2.45) is 11.3 Å². The zero-order chi connectivity index (χ0) is 37.4. The Balaban J connectivity index is 1.38. The lowest BCUT2D eigenvalue weighted by Crippen LogP contribution is -2.59. The van der Waals surface area contributed by atoms with Crippen LogP contribution in [0.25, 0.3) is 11.1 Å². The standard InChI is InChI=1S/C37H45ClFN5O8/c1-37(2,3)32(42-35(47)49-4)33(46)41-29(16-22-7-9-23(10-8-22)24-6-5-14-40-18-24)30(45)20-44(19-25-11-12-26(39)17-28(25)38)43-36(48)52-31-21-51-34-27(31)13-15-50-34/h5-12,14,17-18,27,29-32,34,45H,13,15-16,19-21H2,1-4H3,(H,41,46)(H,42,47)(H,43,48). The molecule has 0 bridgehead atoms. The Morgan fingerprint density at radius 2 is 1.85 bits per heavy atom. The third-order valence-corrected chi connectivity index (χ3v) is 9.40. The monoisotopic (exact) mass is 741 g/mol. The number of benzene rings is 2. The molecule has 0 saturated carbocycles. The fourth-order valence-electron chi connectivity index (χ4n) is 6.22. The number of hydrazine groups is 1. The van der Waals surface area contributed by atoms with E-state index in [1.807, 2.05) is 36.4 Å². The summed E-state index contributed by atoms with van der Waals surface area (Å²) in [5, 5.41) is 18.9. The van der Waals surface area contributed by atoms with Crippen molar-refractivity contribution in [1.82, 2.24) is 26.1 Å². The number of halogens is 2. The number of methoxy groups -OCH3 is 1. The lowest BCUT2D eigenvalue weighted by atomic mass is 9.85. The number of aliphatic hydroxyl groups is 1. The number of alkyl carbamates (subject to hydrolysis) is 1. The minimum atomic E-state index is -1.30. The highest BCUT2D eigenvalue weighted by Gasteiger charge is 2.44. The van der Waals surface area contributed by atoms with Gasteiger partial charge in [-0.05, 0) is 58.7 Å². The number of nitrogens with zero attached hydrogens (tertiary/aromatic N) is 2. The van der Waals surface area contributed by atoms with Gasteiger partial charge in [-0.25, -0.2) is 19.0 Å². The summed E-state index contributed by atoms with van der Waals surface area (Å²) in [7, 11) is 1.20. The highest BCUT2D eigenvalue weighted by Crippen LogP contribution is 2.33. The van der Waals surface area contributed by atoms with Gasteiger partial charge in [0.1, 0.15) is 18.0 Å². The molecule has 2 fully saturated rings. The van der Waals surface area contributed by atoms with Crippen LogP contribution in [0.3, 0.4) is 0 Å². The van der Waals surface area contributed by atoms with Crippen LogP contribution in [0.5, 0.6) is 0 Å². The molecule has 5 rings (SSSR count). The summed E-state index contributed by atoms with van der Waals surface area (Å²) in [5.41, 5.74) is 5.07. The van der Waals surface area contributed by atoms with Gasteiger partial charge in [-0.15, -0.1) is 0 Å². The third-order valence-electron chi connectivity index (χ3n) is 9.05. The number of rotatable bonds is 13. The number of aromatic nitrogens is 1. The predicted molar refractivity (Wildman–Crippen MR) is 189 cm³/mol. The third kappa shape index (κ3) is 10.4. The maximum Gasteiger partial charge on any atom is 0.422 e. The summed E-state index contributed by atoms with van der Waals surface area (Å²) in [6, 6.07) is 13.3. The molecule has 3 aromatic rings. The summed E-state index contributed by atoms with van der Waals surface area (Å²) in [4.78, 5) is 43.5. The van der Waals surface area contributed by atoms with E-state index in [1.54, 1.807) is 33.2 Å². The van der Waals surface area contributed by atoms with E-state index >= 15 is 0 Å². The smallest absolute Gasteiger partial charge is 0.422 e. The lowest BCUT2D eigenvalue weighted by molar-refractivity contribution is -0.127. The molecule has 0 radical (unpaired) electrons. The van der Waals surface area contributed by atoms with Gasteiger partial charge in [-0.1, -0.05) is 68.8 Å². The summed E-state index contributed by atoms with van der Waals surface area (Å²) < 4.78 is 35.5. The Morgan fingerprint density at radius 1 is 1.08 bits per heavy atom. The van der Waals surface area contributed by atoms with E-state index in [2.05, 4.69) is 21.0 Å². The molecule has 15 heteroatoms. The highest BCUT2D eigenvalue weighted by molar-refractivity contribution is 6.31. The van der Waals surface area contributed by atoms with Crippen molar-refractivity contribution in [2.75, 3.05) is 26.9 Å². The van der Waals surface area contributed by atoms with Crippen LogP contribution in [0.4, 0.5) is 14.0 Å². The van der Waals surface area contributed by atoms with Gasteiger partial charge in [0.15, 0.2) is 6.29 Å². The van der Waals surface area contributed by atoms with E-state index < -0.39 is 59.9 Å². The molecule has 4 N–H and O–H groups in total. The van der Waals surface area contributed by atoms with Crippen molar-refractivity contribution in [1.29, 1.82) is 0 Å². The molecule has 1 aromatic heterocycles. The van der Waals surface area contributed by atoms with Crippen molar-refractivity contribution in [3.05, 3.63) is 89.0 Å². The first-order valence-corrected chi connectivity index (χ1v) is 17.4. The van der Waals surface area contributed by atoms with Crippen LogP contribution in [0, 0.1) is 17.2 Å². The molecule has 52 heavy (non-hydrogen) atoms. The Kier molecular flexibility index (Phi) is 13.0. The first kappa shape index (κ1) is 38.9. The Morgan fingerprint density at radius 3 is 2.52 bits per heavy atom. The van der Waals surface area contributed by atoms with Crippen LogP contribution in [-0.2, 0) is 36.7 Å². The maximum absolute atomic E-state index is 13.9. The molecule has 3 amide bonds. The zero-order valence-corrected chi connectivity index (χ0v) is 30.3. The Bertz CT molecular complexity index is 1680. The fourth-order valence-corrected chi connectivity index (χ4v) is 6.45. The van der Waals surface area contributed by atoms with E-state index in [4.69, 9.17) is 30.5 Å². The second-order valence-electron chi connectivity index (χ2n) is 14.0. The number of hydrogen-bond acceptors (Lipinski definition) is 10. The van der Waals surface area contributed by atoms with Crippen LogP contribution >= 0.6 is 11.6 Å². The van der Waals surface area contributed by atoms with Gasteiger partial charge in [0, 0.05) is 30.5 Å². The van der Waals surface area contributed by atoms with Crippen LogP contribution in [-0.4, -0.2) is 90.6 Å². The molecule has 2 aliphatic rings. The second-order valence-corrected chi connectivity index (χ2v) is 14.4. The Labute approximate surface area is 307 Å². The summed E-state index contributed by atoms with van der Waals surface area (Å²) in [5.74, 6) is -1.19. The molecule has 2 aromatic carbocycles. The second kappa shape index (κ2) is 17.5. The molecule has 0 aliphatic carbocycles. The molecule has 3 heterocycles. The van der Waals surface area contributed by atoms with Gasteiger partial charge >= 0.3 is 12.2 Å². The van der Waals surface area contributed by atoms with Gasteiger partial charge in [-0.3, -0.25) is 15.2 Å². The molecule has 6 unspecified atom stereocenters. The molecular weight excluding hydrogens is 697 g/mol. The molecule has 2 aliphatic heterocycles. The topological polar surface area (TPSA) is 161 Å². The van der Waals surface area contributed by atoms with Crippen molar-refractivity contribution < 1.29 is 42.8 Å². The number of amides is 3. The van der Waals surface area contributed by atoms with Crippen LogP contribution in [0.2, 0.25) is 5.02 Å². The number of pyridine rings is 1. The predicted octanol–water partition coefficient (Wildman–Crippen LogP) is 4.60. The minimum absolute atomic E-state index is 0.0450. The maximum atomic E-state index is 13.9. The number of carbonyl (C=O) groups excluding carboxylic acids is 3. The molecule has 280 valence electrons. The van der Waals surface area contributed by atoms with E-state index in [-0.39, 0.29) is 37.1 Å². The number of carbonyl (C=O) groups is 3. The number of ether oxygens (including phenoxy) is 4. The number of aliphatic hydroxyl groups excluding tert-OH is 1. The number of nitrogens with one attached hydrogen (secondary N) is 3. The van der Waals surface area contributed by atoms with E-state index in [9.17, 15) is 23.9 Å².